The monoisotopic (exact) mass is 245 g/mol. The summed E-state index contributed by atoms with van der Waals surface area (Å²) < 4.78 is 4.65. The first kappa shape index (κ1) is 12.4. The number of carbonyl (C=O) groups is 1. The third-order valence-corrected chi connectivity index (χ3v) is 3.20. The zero-order valence-corrected chi connectivity index (χ0v) is 10.7. The zero-order valence-electron chi connectivity index (χ0n) is 10.7. The largest absolute Gasteiger partial charge is 0.469 e. The lowest BCUT2D eigenvalue weighted by Crippen LogP contribution is -2.12. The van der Waals surface area contributed by atoms with Crippen molar-refractivity contribution in [2.45, 2.75) is 20.3 Å². The average molecular weight is 245 g/mol. The molecule has 1 aromatic heterocycles. The van der Waals surface area contributed by atoms with Crippen molar-refractivity contribution in [3.8, 4) is 0 Å². The smallest absolute Gasteiger partial charge is 0.310 e. The van der Waals surface area contributed by atoms with E-state index in [2.05, 4.69) is 9.72 Å². The first-order valence-corrected chi connectivity index (χ1v) is 5.72. The molecule has 4 nitrogen and oxygen atoms in total. The van der Waals surface area contributed by atoms with Gasteiger partial charge in [-0.25, -0.2) is 0 Å². The van der Waals surface area contributed by atoms with E-state index in [-0.39, 0.29) is 17.9 Å². The number of esters is 1. The molecule has 0 spiro atoms. The van der Waals surface area contributed by atoms with Gasteiger partial charge < -0.3 is 9.72 Å². The predicted octanol–water partition coefficient (Wildman–Crippen LogP) is 1.86. The number of fused-ring (bicyclic) bond motifs is 1. The van der Waals surface area contributed by atoms with Gasteiger partial charge in [-0.1, -0.05) is 12.1 Å². The van der Waals surface area contributed by atoms with E-state index in [0.29, 0.717) is 5.56 Å². The zero-order chi connectivity index (χ0) is 13.3. The molecule has 0 aliphatic heterocycles. The summed E-state index contributed by atoms with van der Waals surface area (Å²) in [5.41, 5.74) is 3.42. The molecule has 4 heteroatoms. The summed E-state index contributed by atoms with van der Waals surface area (Å²) in [6.07, 6.45) is 0.111. The van der Waals surface area contributed by atoms with Crippen LogP contribution in [-0.2, 0) is 16.0 Å². The van der Waals surface area contributed by atoms with Crippen LogP contribution in [0.4, 0.5) is 0 Å². The molecular weight excluding hydrogens is 230 g/mol. The van der Waals surface area contributed by atoms with Crippen LogP contribution < -0.4 is 5.56 Å². The lowest BCUT2D eigenvalue weighted by Gasteiger charge is -2.09. The molecule has 0 unspecified atom stereocenters. The summed E-state index contributed by atoms with van der Waals surface area (Å²) in [6.45, 7) is 3.94. The van der Waals surface area contributed by atoms with Gasteiger partial charge in [-0.05, 0) is 30.5 Å². The number of hydrogen-bond acceptors (Lipinski definition) is 3. The summed E-state index contributed by atoms with van der Waals surface area (Å²) in [6, 6.07) is 5.36. The maximum absolute atomic E-state index is 11.6. The van der Waals surface area contributed by atoms with Crippen LogP contribution in [0.1, 0.15) is 16.7 Å². The van der Waals surface area contributed by atoms with Crippen LogP contribution >= 0.6 is 0 Å². The van der Waals surface area contributed by atoms with Gasteiger partial charge in [-0.3, -0.25) is 9.59 Å². The number of methoxy groups -OCH3 is 1. The molecule has 0 atom stereocenters. The highest BCUT2D eigenvalue weighted by Crippen LogP contribution is 2.21. The number of nitrogens with one attached hydrogen (secondary N) is 1. The fourth-order valence-electron chi connectivity index (χ4n) is 2.01. The summed E-state index contributed by atoms with van der Waals surface area (Å²) in [5.74, 6) is -0.347. The van der Waals surface area contributed by atoms with Gasteiger partial charge in [0, 0.05) is 11.5 Å². The Morgan fingerprint density at radius 1 is 1.33 bits per heavy atom. The molecule has 0 radical (unpaired) electrons. The Bertz CT molecular complexity index is 671. The number of carbonyl (C=O) groups excluding carboxylic acids is 1. The molecule has 0 saturated heterocycles. The quantitative estimate of drug-likeness (QED) is 0.821. The van der Waals surface area contributed by atoms with Gasteiger partial charge in [-0.2, -0.15) is 0 Å². The van der Waals surface area contributed by atoms with Crippen LogP contribution in [0.2, 0.25) is 0 Å². The minimum Gasteiger partial charge on any atom is -0.469 e. The molecule has 18 heavy (non-hydrogen) atoms. The van der Waals surface area contributed by atoms with Crippen LogP contribution in [0.3, 0.4) is 0 Å². The second-order valence-corrected chi connectivity index (χ2v) is 4.34. The Morgan fingerprint density at radius 3 is 2.72 bits per heavy atom. The fourth-order valence-corrected chi connectivity index (χ4v) is 2.01. The number of aryl methyl sites for hydroxylation is 2. The van der Waals surface area contributed by atoms with Crippen molar-refractivity contribution in [1.82, 2.24) is 4.98 Å². The summed E-state index contributed by atoms with van der Waals surface area (Å²) in [7, 11) is 1.34. The van der Waals surface area contributed by atoms with E-state index in [1.165, 1.54) is 13.2 Å². The average Bonchev–Trinajstić information content (AvgIpc) is 2.34. The molecule has 0 bridgehead atoms. The fraction of sp³-hybridized carbons (Fsp3) is 0.286. The van der Waals surface area contributed by atoms with Crippen molar-refractivity contribution in [3.05, 3.63) is 45.2 Å². The number of pyridine rings is 1. The van der Waals surface area contributed by atoms with Gasteiger partial charge in [0.15, 0.2) is 0 Å². The highest BCUT2D eigenvalue weighted by atomic mass is 16.5. The minimum absolute atomic E-state index is 0.111. The van der Waals surface area contributed by atoms with Crippen molar-refractivity contribution in [2.24, 2.45) is 0 Å². The molecular formula is C14H15NO3. The van der Waals surface area contributed by atoms with Crippen molar-refractivity contribution in [1.29, 1.82) is 0 Å². The summed E-state index contributed by atoms with van der Waals surface area (Å²) >= 11 is 0. The van der Waals surface area contributed by atoms with Crippen molar-refractivity contribution in [3.63, 3.8) is 0 Å². The first-order valence-electron chi connectivity index (χ1n) is 5.72. The first-order chi connectivity index (χ1) is 8.52. The Morgan fingerprint density at radius 2 is 2.06 bits per heavy atom. The number of aromatic amines is 1. The molecule has 2 rings (SSSR count). The summed E-state index contributed by atoms with van der Waals surface area (Å²) in [4.78, 5) is 25.8. The van der Waals surface area contributed by atoms with Gasteiger partial charge in [0.05, 0.1) is 19.0 Å². The van der Waals surface area contributed by atoms with Crippen molar-refractivity contribution < 1.29 is 9.53 Å². The van der Waals surface area contributed by atoms with Crippen LogP contribution in [0.15, 0.2) is 23.0 Å². The van der Waals surface area contributed by atoms with Gasteiger partial charge >= 0.3 is 5.97 Å². The van der Waals surface area contributed by atoms with E-state index < -0.39 is 0 Å². The molecule has 1 aromatic carbocycles. The normalized spacial score (nSPS) is 10.6. The van der Waals surface area contributed by atoms with Crippen LogP contribution in [0.5, 0.6) is 0 Å². The number of hydrogen-bond donors (Lipinski definition) is 1. The molecule has 1 N–H and O–H groups in total. The van der Waals surface area contributed by atoms with E-state index in [9.17, 15) is 9.59 Å². The lowest BCUT2D eigenvalue weighted by molar-refractivity contribution is -0.139. The lowest BCUT2D eigenvalue weighted by atomic mass is 10.0. The Kier molecular flexibility index (Phi) is 3.19. The SMILES string of the molecule is COC(=O)Cc1cc(=O)[nH]c2c(C)c(C)ccc12. The summed E-state index contributed by atoms with van der Waals surface area (Å²) in [5, 5.41) is 0.892. The van der Waals surface area contributed by atoms with Gasteiger partial charge in [0.1, 0.15) is 0 Å². The Labute approximate surface area is 105 Å². The second kappa shape index (κ2) is 4.64. The molecule has 0 saturated carbocycles. The van der Waals surface area contributed by atoms with Crippen molar-refractivity contribution in [2.75, 3.05) is 7.11 Å². The van der Waals surface area contributed by atoms with Crippen LogP contribution in [-0.4, -0.2) is 18.1 Å². The second-order valence-electron chi connectivity index (χ2n) is 4.34. The van der Waals surface area contributed by atoms with Gasteiger partial charge in [-0.15, -0.1) is 0 Å². The number of benzene rings is 1. The standard InChI is InChI=1S/C14H15NO3/c1-8-4-5-11-10(7-13(17)18-3)6-12(16)15-14(11)9(8)2/h4-6H,7H2,1-3H3,(H,15,16). The van der Waals surface area contributed by atoms with Crippen molar-refractivity contribution >= 4 is 16.9 Å². The number of ether oxygens (including phenoxy) is 1. The topological polar surface area (TPSA) is 59.2 Å². The Hall–Kier alpha value is -2.10. The van der Waals surface area contributed by atoms with Crippen LogP contribution in [0, 0.1) is 13.8 Å². The molecule has 94 valence electrons. The van der Waals surface area contributed by atoms with E-state index in [4.69, 9.17) is 0 Å². The molecule has 2 aromatic rings. The number of H-pyrrole nitrogens is 1. The number of rotatable bonds is 2. The molecule has 0 aliphatic carbocycles. The van der Waals surface area contributed by atoms with E-state index >= 15 is 0 Å². The molecule has 1 heterocycles. The Balaban J connectivity index is 2.70. The van der Waals surface area contributed by atoms with Crippen LogP contribution in [0.25, 0.3) is 10.9 Å². The number of aromatic nitrogens is 1. The molecule has 0 fully saturated rings. The van der Waals surface area contributed by atoms with E-state index in [1.54, 1.807) is 0 Å². The minimum atomic E-state index is -0.347. The van der Waals surface area contributed by atoms with E-state index in [0.717, 1.165) is 22.0 Å². The van der Waals surface area contributed by atoms with Gasteiger partial charge in [0.25, 0.3) is 0 Å². The van der Waals surface area contributed by atoms with Gasteiger partial charge in [0.2, 0.25) is 5.56 Å². The highest BCUT2D eigenvalue weighted by molar-refractivity contribution is 5.88. The molecule has 0 amide bonds. The maximum Gasteiger partial charge on any atom is 0.310 e. The third-order valence-electron chi connectivity index (χ3n) is 3.20. The highest BCUT2D eigenvalue weighted by Gasteiger charge is 2.10. The van der Waals surface area contributed by atoms with E-state index in [1.807, 2.05) is 26.0 Å². The molecule has 0 aliphatic rings. The maximum atomic E-state index is 11.6. The third kappa shape index (κ3) is 2.14. The predicted molar refractivity (Wildman–Crippen MR) is 69.8 cm³/mol.